The molecular formula is C15H23FN2O. The van der Waals surface area contributed by atoms with E-state index in [4.69, 9.17) is 0 Å². The Balaban J connectivity index is 2.41. The molecule has 0 heterocycles. The van der Waals surface area contributed by atoms with Crippen LogP contribution < -0.4 is 10.6 Å². The van der Waals surface area contributed by atoms with E-state index in [1.54, 1.807) is 6.07 Å². The Bertz CT molecular complexity index is 405. The van der Waals surface area contributed by atoms with Gasteiger partial charge in [0, 0.05) is 12.1 Å². The first-order valence-corrected chi connectivity index (χ1v) is 6.85. The Hall–Kier alpha value is -1.42. The fourth-order valence-corrected chi connectivity index (χ4v) is 1.91. The van der Waals surface area contributed by atoms with Crippen LogP contribution >= 0.6 is 0 Å². The second-order valence-corrected chi connectivity index (χ2v) is 4.74. The van der Waals surface area contributed by atoms with E-state index in [1.165, 1.54) is 12.1 Å². The van der Waals surface area contributed by atoms with Gasteiger partial charge in [0.25, 0.3) is 0 Å². The zero-order valence-corrected chi connectivity index (χ0v) is 11.9. The highest BCUT2D eigenvalue weighted by atomic mass is 19.1. The smallest absolute Gasteiger partial charge is 0.234 e. The van der Waals surface area contributed by atoms with Gasteiger partial charge in [0.2, 0.25) is 5.91 Å². The van der Waals surface area contributed by atoms with Crippen molar-refractivity contribution in [2.75, 3.05) is 6.54 Å². The highest BCUT2D eigenvalue weighted by Crippen LogP contribution is 2.12. The molecule has 0 saturated carbocycles. The van der Waals surface area contributed by atoms with Crippen molar-refractivity contribution in [3.63, 3.8) is 0 Å². The number of nitrogens with one attached hydrogen (secondary N) is 2. The molecule has 0 spiro atoms. The van der Waals surface area contributed by atoms with Gasteiger partial charge in [-0.05, 0) is 37.5 Å². The summed E-state index contributed by atoms with van der Waals surface area (Å²) in [6, 6.07) is 6.60. The molecule has 0 bridgehead atoms. The summed E-state index contributed by atoms with van der Waals surface area (Å²) in [7, 11) is 0. The first-order valence-electron chi connectivity index (χ1n) is 6.85. The van der Waals surface area contributed by atoms with Crippen molar-refractivity contribution < 1.29 is 9.18 Å². The highest BCUT2D eigenvalue weighted by molar-refractivity contribution is 5.78. The molecule has 1 amide bonds. The minimum atomic E-state index is -0.257. The van der Waals surface area contributed by atoms with Crippen LogP contribution in [0.15, 0.2) is 24.3 Å². The van der Waals surface area contributed by atoms with Gasteiger partial charge in [-0.25, -0.2) is 4.39 Å². The monoisotopic (exact) mass is 266 g/mol. The second kappa shape index (κ2) is 7.89. The van der Waals surface area contributed by atoms with Crippen molar-refractivity contribution in [3.8, 4) is 0 Å². The molecular weight excluding hydrogens is 243 g/mol. The molecule has 1 aromatic rings. The van der Waals surface area contributed by atoms with Gasteiger partial charge >= 0.3 is 0 Å². The zero-order chi connectivity index (χ0) is 14.3. The lowest BCUT2D eigenvalue weighted by Gasteiger charge is -2.17. The predicted molar refractivity (Wildman–Crippen MR) is 75.3 cm³/mol. The second-order valence-electron chi connectivity index (χ2n) is 4.74. The van der Waals surface area contributed by atoms with Crippen LogP contribution in [0.2, 0.25) is 0 Å². The van der Waals surface area contributed by atoms with Crippen LogP contribution in [-0.4, -0.2) is 18.5 Å². The SMILES string of the molecule is CCC(CC)NC(=O)CNC(C)c1cccc(F)c1. The first-order chi connectivity index (χ1) is 9.06. The van der Waals surface area contributed by atoms with E-state index >= 15 is 0 Å². The zero-order valence-electron chi connectivity index (χ0n) is 11.9. The van der Waals surface area contributed by atoms with Crippen LogP contribution in [0, 0.1) is 5.82 Å². The largest absolute Gasteiger partial charge is 0.352 e. The summed E-state index contributed by atoms with van der Waals surface area (Å²) in [6.07, 6.45) is 1.86. The van der Waals surface area contributed by atoms with Crippen molar-refractivity contribution in [1.82, 2.24) is 10.6 Å². The number of carbonyl (C=O) groups excluding carboxylic acids is 1. The number of hydrogen-bond acceptors (Lipinski definition) is 2. The number of benzene rings is 1. The lowest BCUT2D eigenvalue weighted by Crippen LogP contribution is -2.40. The number of carbonyl (C=O) groups is 1. The summed E-state index contributed by atoms with van der Waals surface area (Å²) in [5, 5.41) is 6.06. The van der Waals surface area contributed by atoms with Crippen LogP contribution in [0.5, 0.6) is 0 Å². The van der Waals surface area contributed by atoms with Crippen LogP contribution in [-0.2, 0) is 4.79 Å². The van der Waals surface area contributed by atoms with Crippen LogP contribution in [0.3, 0.4) is 0 Å². The average Bonchev–Trinajstić information content (AvgIpc) is 2.42. The van der Waals surface area contributed by atoms with E-state index < -0.39 is 0 Å². The van der Waals surface area contributed by atoms with Crippen molar-refractivity contribution in [2.45, 2.75) is 45.7 Å². The van der Waals surface area contributed by atoms with Gasteiger partial charge in [0.05, 0.1) is 6.54 Å². The average molecular weight is 266 g/mol. The van der Waals surface area contributed by atoms with E-state index in [0.29, 0.717) is 0 Å². The van der Waals surface area contributed by atoms with Gasteiger partial charge in [0.1, 0.15) is 5.82 Å². The van der Waals surface area contributed by atoms with Crippen molar-refractivity contribution >= 4 is 5.91 Å². The van der Waals surface area contributed by atoms with Crippen molar-refractivity contribution in [1.29, 1.82) is 0 Å². The maximum absolute atomic E-state index is 13.1. The third-order valence-corrected chi connectivity index (χ3v) is 3.27. The molecule has 3 nitrogen and oxygen atoms in total. The van der Waals surface area contributed by atoms with Gasteiger partial charge in [-0.15, -0.1) is 0 Å². The van der Waals surface area contributed by atoms with Crippen molar-refractivity contribution in [2.24, 2.45) is 0 Å². The standard InChI is InChI=1S/C15H23FN2O/c1-4-14(5-2)18-15(19)10-17-11(3)12-7-6-8-13(16)9-12/h6-9,11,14,17H,4-5,10H2,1-3H3,(H,18,19). The van der Waals surface area contributed by atoms with E-state index in [9.17, 15) is 9.18 Å². The molecule has 1 rings (SSSR count). The highest BCUT2D eigenvalue weighted by Gasteiger charge is 2.10. The van der Waals surface area contributed by atoms with Crippen LogP contribution in [0.1, 0.15) is 45.2 Å². The Morgan fingerprint density at radius 2 is 2.00 bits per heavy atom. The molecule has 0 radical (unpaired) electrons. The summed E-state index contributed by atoms with van der Waals surface area (Å²) < 4.78 is 13.1. The molecule has 0 aliphatic carbocycles. The fourth-order valence-electron chi connectivity index (χ4n) is 1.91. The molecule has 0 saturated heterocycles. The Labute approximate surface area is 114 Å². The molecule has 19 heavy (non-hydrogen) atoms. The molecule has 106 valence electrons. The van der Waals surface area contributed by atoms with Gasteiger partial charge in [-0.1, -0.05) is 26.0 Å². The Morgan fingerprint density at radius 1 is 1.32 bits per heavy atom. The van der Waals surface area contributed by atoms with E-state index in [2.05, 4.69) is 24.5 Å². The Morgan fingerprint density at radius 3 is 2.58 bits per heavy atom. The molecule has 0 aliphatic rings. The molecule has 0 aromatic heterocycles. The Kier molecular flexibility index (Phi) is 6.50. The molecule has 1 atom stereocenters. The normalized spacial score (nSPS) is 12.5. The topological polar surface area (TPSA) is 41.1 Å². The summed E-state index contributed by atoms with van der Waals surface area (Å²) >= 11 is 0. The molecule has 2 N–H and O–H groups in total. The maximum atomic E-state index is 13.1. The van der Waals surface area contributed by atoms with Gasteiger partial charge in [0.15, 0.2) is 0 Å². The first kappa shape index (κ1) is 15.6. The minimum absolute atomic E-state index is 0.0167. The molecule has 0 fully saturated rings. The fraction of sp³-hybridized carbons (Fsp3) is 0.533. The lowest BCUT2D eigenvalue weighted by molar-refractivity contribution is -0.121. The molecule has 1 unspecified atom stereocenters. The third kappa shape index (κ3) is 5.39. The molecule has 1 aromatic carbocycles. The number of amides is 1. The van der Waals surface area contributed by atoms with Gasteiger partial charge in [-0.3, -0.25) is 4.79 Å². The lowest BCUT2D eigenvalue weighted by atomic mass is 10.1. The van der Waals surface area contributed by atoms with Gasteiger partial charge < -0.3 is 10.6 Å². The van der Waals surface area contributed by atoms with E-state index in [-0.39, 0.29) is 30.4 Å². The summed E-state index contributed by atoms with van der Waals surface area (Å²) in [5.74, 6) is -0.274. The summed E-state index contributed by atoms with van der Waals surface area (Å²) in [6.45, 7) is 6.27. The number of halogens is 1. The maximum Gasteiger partial charge on any atom is 0.234 e. The number of rotatable bonds is 7. The van der Waals surface area contributed by atoms with Crippen LogP contribution in [0.25, 0.3) is 0 Å². The summed E-state index contributed by atoms with van der Waals surface area (Å²) in [4.78, 5) is 11.7. The quantitative estimate of drug-likeness (QED) is 0.796. The van der Waals surface area contributed by atoms with Gasteiger partial charge in [-0.2, -0.15) is 0 Å². The third-order valence-electron chi connectivity index (χ3n) is 3.27. The minimum Gasteiger partial charge on any atom is -0.352 e. The van der Waals surface area contributed by atoms with Crippen LogP contribution in [0.4, 0.5) is 4.39 Å². The summed E-state index contributed by atoms with van der Waals surface area (Å²) in [5.41, 5.74) is 0.843. The van der Waals surface area contributed by atoms with E-state index in [0.717, 1.165) is 18.4 Å². The molecule has 0 aliphatic heterocycles. The predicted octanol–water partition coefficient (Wildman–Crippen LogP) is 2.78. The van der Waals surface area contributed by atoms with Crippen molar-refractivity contribution in [3.05, 3.63) is 35.6 Å². The number of hydrogen-bond donors (Lipinski definition) is 2. The van der Waals surface area contributed by atoms with E-state index in [1.807, 2.05) is 13.0 Å². The molecule has 4 heteroatoms.